The predicted molar refractivity (Wildman–Crippen MR) is 90.3 cm³/mol. The summed E-state index contributed by atoms with van der Waals surface area (Å²) in [6.45, 7) is 8.93. The van der Waals surface area contributed by atoms with Crippen LogP contribution in [0.1, 0.15) is 69.6 Å². The third kappa shape index (κ3) is 2.29. The van der Waals surface area contributed by atoms with Gasteiger partial charge in [-0.1, -0.05) is 39.3 Å². The van der Waals surface area contributed by atoms with Crippen LogP contribution in [0.3, 0.4) is 0 Å². The van der Waals surface area contributed by atoms with Gasteiger partial charge in [-0.25, -0.2) is 0 Å². The number of carbonyl (C=O) groups excluding carboxylic acids is 1. The molecule has 118 valence electrons. The van der Waals surface area contributed by atoms with E-state index in [1.165, 1.54) is 16.7 Å². The molecule has 0 saturated carbocycles. The highest BCUT2D eigenvalue weighted by molar-refractivity contribution is 6.23. The Bertz CT molecular complexity index is 663. The molecule has 0 spiro atoms. The van der Waals surface area contributed by atoms with Crippen molar-refractivity contribution in [2.45, 2.75) is 59.3 Å². The first-order valence-electron chi connectivity index (χ1n) is 8.33. The molecule has 0 atom stereocenters. The van der Waals surface area contributed by atoms with Crippen LogP contribution in [0.15, 0.2) is 17.7 Å². The van der Waals surface area contributed by atoms with Crippen LogP contribution in [-0.2, 0) is 11.2 Å². The highest BCUT2D eigenvalue weighted by Gasteiger charge is 2.37. The molecule has 0 N–H and O–H groups in total. The lowest BCUT2D eigenvalue weighted by molar-refractivity contribution is -0.114. The molecule has 0 amide bonds. The summed E-state index contributed by atoms with van der Waals surface area (Å²) in [5.41, 5.74) is 6.18. The van der Waals surface area contributed by atoms with Crippen LogP contribution in [0.25, 0.3) is 5.57 Å². The van der Waals surface area contributed by atoms with Crippen LogP contribution in [0.2, 0.25) is 0 Å². The standard InChI is InChI=1S/C20H26O2/c1-12(2)14-10-13-6-7-16-19(15(13)11-18(14)22-5)17(21)8-9-20(16,3)4/h10-12H,6-9H2,1-5H3. The van der Waals surface area contributed by atoms with Gasteiger partial charge in [0.25, 0.3) is 0 Å². The monoisotopic (exact) mass is 298 g/mol. The molecule has 0 heterocycles. The Morgan fingerprint density at radius 3 is 2.50 bits per heavy atom. The van der Waals surface area contributed by atoms with Crippen LogP contribution in [0.5, 0.6) is 5.75 Å². The van der Waals surface area contributed by atoms with Crippen molar-refractivity contribution in [2.75, 3.05) is 7.11 Å². The molecule has 2 heteroatoms. The van der Waals surface area contributed by atoms with Crippen molar-refractivity contribution < 1.29 is 9.53 Å². The average molecular weight is 298 g/mol. The Morgan fingerprint density at radius 2 is 1.86 bits per heavy atom. The molecular formula is C20H26O2. The lowest BCUT2D eigenvalue weighted by Crippen LogP contribution is -2.28. The first-order valence-corrected chi connectivity index (χ1v) is 8.33. The summed E-state index contributed by atoms with van der Waals surface area (Å²) < 4.78 is 5.61. The number of hydrogen-bond donors (Lipinski definition) is 0. The number of aryl methyl sites for hydroxylation is 1. The molecule has 0 saturated heterocycles. The number of allylic oxidation sites excluding steroid dienone is 2. The van der Waals surface area contributed by atoms with E-state index in [-0.39, 0.29) is 5.41 Å². The Morgan fingerprint density at radius 1 is 1.14 bits per heavy atom. The van der Waals surface area contributed by atoms with Gasteiger partial charge in [-0.2, -0.15) is 0 Å². The van der Waals surface area contributed by atoms with E-state index >= 15 is 0 Å². The minimum absolute atomic E-state index is 0.144. The number of Topliss-reactive ketones (excluding diaryl/α,β-unsaturated/α-hetero) is 1. The van der Waals surface area contributed by atoms with E-state index in [9.17, 15) is 4.79 Å². The first kappa shape index (κ1) is 15.3. The predicted octanol–water partition coefficient (Wildman–Crippen LogP) is 4.91. The van der Waals surface area contributed by atoms with E-state index in [4.69, 9.17) is 4.74 Å². The molecular weight excluding hydrogens is 272 g/mol. The molecule has 0 aromatic heterocycles. The normalized spacial score (nSPS) is 20.0. The smallest absolute Gasteiger partial charge is 0.163 e. The fraction of sp³-hybridized carbons (Fsp3) is 0.550. The zero-order chi connectivity index (χ0) is 16.1. The summed E-state index contributed by atoms with van der Waals surface area (Å²) in [6.07, 6.45) is 3.69. The van der Waals surface area contributed by atoms with Crippen LogP contribution >= 0.6 is 0 Å². The van der Waals surface area contributed by atoms with Crippen molar-refractivity contribution in [1.29, 1.82) is 0 Å². The Labute approximate surface area is 133 Å². The third-order valence-electron chi connectivity index (χ3n) is 5.37. The maximum atomic E-state index is 12.6. The van der Waals surface area contributed by atoms with E-state index in [1.54, 1.807) is 7.11 Å². The summed E-state index contributed by atoms with van der Waals surface area (Å²) in [7, 11) is 1.72. The topological polar surface area (TPSA) is 26.3 Å². The Kier molecular flexibility index (Phi) is 3.66. The number of methoxy groups -OCH3 is 1. The fourth-order valence-corrected chi connectivity index (χ4v) is 3.96. The van der Waals surface area contributed by atoms with Gasteiger partial charge in [-0.15, -0.1) is 0 Å². The van der Waals surface area contributed by atoms with Gasteiger partial charge >= 0.3 is 0 Å². The lowest BCUT2D eigenvalue weighted by atomic mass is 9.66. The molecule has 22 heavy (non-hydrogen) atoms. The second-order valence-electron chi connectivity index (χ2n) is 7.57. The maximum Gasteiger partial charge on any atom is 0.163 e. The summed E-state index contributed by atoms with van der Waals surface area (Å²) >= 11 is 0. The van der Waals surface area contributed by atoms with E-state index < -0.39 is 0 Å². The summed E-state index contributed by atoms with van der Waals surface area (Å²) in [5.74, 6) is 1.66. The average Bonchev–Trinajstić information content (AvgIpc) is 2.49. The van der Waals surface area contributed by atoms with Crippen molar-refractivity contribution >= 4 is 11.4 Å². The Balaban J connectivity index is 2.23. The van der Waals surface area contributed by atoms with E-state index in [0.29, 0.717) is 18.1 Å². The molecule has 1 aromatic carbocycles. The number of hydrogen-bond acceptors (Lipinski definition) is 2. The quantitative estimate of drug-likeness (QED) is 0.775. The number of ether oxygens (including phenoxy) is 1. The number of benzene rings is 1. The molecule has 0 bridgehead atoms. The van der Waals surface area contributed by atoms with Gasteiger partial charge in [0.2, 0.25) is 0 Å². The van der Waals surface area contributed by atoms with E-state index in [1.807, 2.05) is 0 Å². The second-order valence-corrected chi connectivity index (χ2v) is 7.57. The van der Waals surface area contributed by atoms with Gasteiger partial charge in [0, 0.05) is 12.0 Å². The van der Waals surface area contributed by atoms with Gasteiger partial charge < -0.3 is 4.74 Å². The molecule has 2 aliphatic rings. The van der Waals surface area contributed by atoms with Gasteiger partial charge in [-0.3, -0.25) is 4.79 Å². The van der Waals surface area contributed by atoms with Crippen LogP contribution in [-0.4, -0.2) is 12.9 Å². The Hall–Kier alpha value is -1.57. The highest BCUT2D eigenvalue weighted by Crippen LogP contribution is 2.48. The SMILES string of the molecule is COc1cc2c(cc1C(C)C)CCC1=C2C(=O)CCC1(C)C. The summed E-state index contributed by atoms with van der Waals surface area (Å²) in [5, 5.41) is 0. The van der Waals surface area contributed by atoms with Crippen LogP contribution in [0.4, 0.5) is 0 Å². The van der Waals surface area contributed by atoms with Crippen molar-refractivity contribution in [3.8, 4) is 5.75 Å². The van der Waals surface area contributed by atoms with Gasteiger partial charge in [0.05, 0.1) is 7.11 Å². The fourth-order valence-electron chi connectivity index (χ4n) is 3.96. The number of ketones is 1. The molecule has 2 nitrogen and oxygen atoms in total. The van der Waals surface area contributed by atoms with E-state index in [0.717, 1.165) is 36.1 Å². The minimum atomic E-state index is 0.144. The molecule has 0 radical (unpaired) electrons. The zero-order valence-electron chi connectivity index (χ0n) is 14.4. The minimum Gasteiger partial charge on any atom is -0.496 e. The molecule has 2 aliphatic carbocycles. The highest BCUT2D eigenvalue weighted by atomic mass is 16.5. The second kappa shape index (κ2) is 5.26. The van der Waals surface area contributed by atoms with Crippen molar-refractivity contribution in [3.05, 3.63) is 34.4 Å². The number of rotatable bonds is 2. The number of carbonyl (C=O) groups is 1. The summed E-state index contributed by atoms with van der Waals surface area (Å²) in [4.78, 5) is 12.6. The van der Waals surface area contributed by atoms with Crippen LogP contribution < -0.4 is 4.74 Å². The first-order chi connectivity index (χ1) is 10.3. The lowest BCUT2D eigenvalue weighted by Gasteiger charge is -2.38. The van der Waals surface area contributed by atoms with Gasteiger partial charge in [0.1, 0.15) is 5.75 Å². The van der Waals surface area contributed by atoms with E-state index in [2.05, 4.69) is 39.8 Å². The molecule has 0 aliphatic heterocycles. The van der Waals surface area contributed by atoms with Crippen molar-refractivity contribution in [3.63, 3.8) is 0 Å². The third-order valence-corrected chi connectivity index (χ3v) is 5.37. The van der Waals surface area contributed by atoms with Crippen molar-refractivity contribution in [1.82, 2.24) is 0 Å². The summed E-state index contributed by atoms with van der Waals surface area (Å²) in [6, 6.07) is 4.37. The van der Waals surface area contributed by atoms with Gasteiger partial charge in [0.15, 0.2) is 5.78 Å². The molecule has 0 unspecified atom stereocenters. The molecule has 1 aromatic rings. The maximum absolute atomic E-state index is 12.6. The zero-order valence-corrected chi connectivity index (χ0v) is 14.4. The molecule has 0 fully saturated rings. The van der Waals surface area contributed by atoms with Crippen LogP contribution in [0, 0.1) is 5.41 Å². The van der Waals surface area contributed by atoms with Gasteiger partial charge in [-0.05, 0) is 53.4 Å². The molecule has 3 rings (SSSR count). The van der Waals surface area contributed by atoms with Crippen molar-refractivity contribution in [2.24, 2.45) is 5.41 Å². The largest absolute Gasteiger partial charge is 0.496 e. The number of fused-ring (bicyclic) bond motifs is 2.